The van der Waals surface area contributed by atoms with Crippen LogP contribution in [0.1, 0.15) is 60.8 Å². The highest BCUT2D eigenvalue weighted by Gasteiger charge is 2.41. The smallest absolute Gasteiger partial charge is 0.163 e. The van der Waals surface area contributed by atoms with Gasteiger partial charge in [-0.2, -0.15) is 0 Å². The molecule has 1 saturated heterocycles. The van der Waals surface area contributed by atoms with Gasteiger partial charge < -0.3 is 9.47 Å². The zero-order valence-corrected chi connectivity index (χ0v) is 11.1. The van der Waals surface area contributed by atoms with Crippen molar-refractivity contribution in [3.63, 3.8) is 0 Å². The van der Waals surface area contributed by atoms with Gasteiger partial charge in [0.15, 0.2) is 5.79 Å². The van der Waals surface area contributed by atoms with Crippen LogP contribution in [0.2, 0.25) is 0 Å². The van der Waals surface area contributed by atoms with Crippen LogP contribution in [0.5, 0.6) is 0 Å². The second-order valence-corrected chi connectivity index (χ2v) is 6.27. The normalized spacial score (nSPS) is 30.8. The fraction of sp³-hybridized carbons (Fsp3) is 1.00. The fourth-order valence-electron chi connectivity index (χ4n) is 2.21. The van der Waals surface area contributed by atoms with Gasteiger partial charge in [0.2, 0.25) is 0 Å². The predicted octanol–water partition coefficient (Wildman–Crippen LogP) is 3.74. The maximum atomic E-state index is 5.97. The van der Waals surface area contributed by atoms with Crippen molar-refractivity contribution in [2.75, 3.05) is 0 Å². The first-order valence-electron chi connectivity index (χ1n) is 6.09. The van der Waals surface area contributed by atoms with Gasteiger partial charge in [-0.15, -0.1) is 0 Å². The summed E-state index contributed by atoms with van der Waals surface area (Å²) in [5.41, 5.74) is 0.306. The van der Waals surface area contributed by atoms with Gasteiger partial charge in [0.1, 0.15) is 0 Å². The van der Waals surface area contributed by atoms with E-state index in [1.165, 1.54) is 0 Å². The van der Waals surface area contributed by atoms with Crippen LogP contribution >= 0.6 is 0 Å². The molecule has 15 heavy (non-hydrogen) atoms. The quantitative estimate of drug-likeness (QED) is 0.712. The monoisotopic (exact) mass is 214 g/mol. The molecule has 0 aromatic rings. The summed E-state index contributed by atoms with van der Waals surface area (Å²) < 4.78 is 11.9. The zero-order chi connectivity index (χ0) is 11.7. The van der Waals surface area contributed by atoms with E-state index >= 15 is 0 Å². The molecule has 1 aliphatic rings. The van der Waals surface area contributed by atoms with Gasteiger partial charge in [-0.05, 0) is 32.1 Å². The lowest BCUT2D eigenvalue weighted by atomic mass is 9.87. The molecule has 1 aliphatic heterocycles. The molecule has 1 unspecified atom stereocenters. The Hall–Kier alpha value is -0.0800. The highest BCUT2D eigenvalue weighted by molar-refractivity contribution is 4.84. The molecule has 1 heterocycles. The Kier molecular flexibility index (Phi) is 3.83. The van der Waals surface area contributed by atoms with Crippen molar-refractivity contribution in [3.8, 4) is 0 Å². The highest BCUT2D eigenvalue weighted by atomic mass is 16.7. The van der Waals surface area contributed by atoms with Crippen molar-refractivity contribution in [2.24, 2.45) is 5.41 Å². The van der Waals surface area contributed by atoms with Crippen LogP contribution in [0.15, 0.2) is 0 Å². The first-order chi connectivity index (χ1) is 6.73. The van der Waals surface area contributed by atoms with Gasteiger partial charge in [-0.25, -0.2) is 0 Å². The Morgan fingerprint density at radius 3 is 2.07 bits per heavy atom. The van der Waals surface area contributed by atoms with Gasteiger partial charge in [0.05, 0.1) is 12.2 Å². The van der Waals surface area contributed by atoms with Crippen molar-refractivity contribution in [2.45, 2.75) is 78.8 Å². The zero-order valence-electron chi connectivity index (χ0n) is 11.1. The van der Waals surface area contributed by atoms with E-state index < -0.39 is 5.79 Å². The minimum absolute atomic E-state index is 0.264. The average Bonchev–Trinajstić information content (AvgIpc) is 2.23. The molecular formula is C13H26O2. The van der Waals surface area contributed by atoms with Crippen molar-refractivity contribution in [1.29, 1.82) is 0 Å². The van der Waals surface area contributed by atoms with Crippen LogP contribution < -0.4 is 0 Å². The molecule has 1 fully saturated rings. The van der Waals surface area contributed by atoms with E-state index in [1.54, 1.807) is 0 Å². The lowest BCUT2D eigenvalue weighted by Gasteiger charge is -2.25. The molecule has 0 radical (unpaired) electrons. The minimum Gasteiger partial charge on any atom is -0.345 e. The van der Waals surface area contributed by atoms with E-state index in [0.29, 0.717) is 5.41 Å². The molecule has 0 aliphatic carbocycles. The Labute approximate surface area is 94.3 Å². The van der Waals surface area contributed by atoms with Crippen molar-refractivity contribution >= 4 is 0 Å². The maximum absolute atomic E-state index is 5.97. The number of hydrogen-bond acceptors (Lipinski definition) is 2. The molecule has 0 bridgehead atoms. The summed E-state index contributed by atoms with van der Waals surface area (Å²) in [4.78, 5) is 0. The molecule has 0 saturated carbocycles. The first-order valence-corrected chi connectivity index (χ1v) is 6.09. The third-order valence-electron chi connectivity index (χ3n) is 2.67. The van der Waals surface area contributed by atoms with E-state index in [1.807, 2.05) is 13.8 Å². The second-order valence-electron chi connectivity index (χ2n) is 6.27. The molecule has 0 spiro atoms. The van der Waals surface area contributed by atoms with Gasteiger partial charge in [0.25, 0.3) is 0 Å². The van der Waals surface area contributed by atoms with Crippen molar-refractivity contribution in [1.82, 2.24) is 0 Å². The SMILES string of the molecule is CCC[C@@H]1OC(C)(C)OC1CC(C)(C)C. The molecular weight excluding hydrogens is 188 g/mol. The van der Waals surface area contributed by atoms with Crippen LogP contribution in [-0.4, -0.2) is 18.0 Å². The third-order valence-corrected chi connectivity index (χ3v) is 2.67. The first kappa shape index (κ1) is 13.0. The minimum atomic E-state index is -0.393. The van der Waals surface area contributed by atoms with Crippen LogP contribution in [-0.2, 0) is 9.47 Å². The molecule has 2 heteroatoms. The van der Waals surface area contributed by atoms with Gasteiger partial charge in [-0.1, -0.05) is 34.1 Å². The summed E-state index contributed by atoms with van der Waals surface area (Å²) in [6, 6.07) is 0. The Bertz CT molecular complexity index is 203. The van der Waals surface area contributed by atoms with E-state index in [2.05, 4.69) is 27.7 Å². The van der Waals surface area contributed by atoms with E-state index in [0.717, 1.165) is 19.3 Å². The summed E-state index contributed by atoms with van der Waals surface area (Å²) in [5.74, 6) is -0.393. The predicted molar refractivity (Wildman–Crippen MR) is 62.8 cm³/mol. The molecule has 1 rings (SSSR count). The number of hydrogen-bond donors (Lipinski definition) is 0. The van der Waals surface area contributed by atoms with E-state index in [-0.39, 0.29) is 12.2 Å². The van der Waals surface area contributed by atoms with E-state index in [4.69, 9.17) is 9.47 Å². The largest absolute Gasteiger partial charge is 0.345 e. The highest BCUT2D eigenvalue weighted by Crippen LogP contribution is 2.36. The Morgan fingerprint density at radius 1 is 1.07 bits per heavy atom. The standard InChI is InChI=1S/C13H26O2/c1-7-8-10-11(9-12(2,3)4)15-13(5,6)14-10/h10-11H,7-9H2,1-6H3/t10-,11?/m0/s1. The molecule has 0 aromatic carbocycles. The van der Waals surface area contributed by atoms with Crippen LogP contribution in [0.3, 0.4) is 0 Å². The summed E-state index contributed by atoms with van der Waals surface area (Å²) in [7, 11) is 0. The molecule has 90 valence electrons. The topological polar surface area (TPSA) is 18.5 Å². The molecule has 0 aromatic heterocycles. The third kappa shape index (κ3) is 4.12. The molecule has 0 N–H and O–H groups in total. The molecule has 2 atom stereocenters. The Morgan fingerprint density at radius 2 is 1.60 bits per heavy atom. The van der Waals surface area contributed by atoms with Gasteiger partial charge in [-0.3, -0.25) is 0 Å². The average molecular weight is 214 g/mol. The molecule has 2 nitrogen and oxygen atoms in total. The summed E-state index contributed by atoms with van der Waals surface area (Å²) in [6.45, 7) is 13.0. The maximum Gasteiger partial charge on any atom is 0.163 e. The van der Waals surface area contributed by atoms with Crippen LogP contribution in [0.25, 0.3) is 0 Å². The second kappa shape index (κ2) is 4.42. The summed E-state index contributed by atoms with van der Waals surface area (Å²) in [6.07, 6.45) is 3.87. The van der Waals surface area contributed by atoms with Crippen LogP contribution in [0, 0.1) is 5.41 Å². The van der Waals surface area contributed by atoms with Crippen LogP contribution in [0.4, 0.5) is 0 Å². The van der Waals surface area contributed by atoms with Gasteiger partial charge in [0, 0.05) is 0 Å². The number of ether oxygens (including phenoxy) is 2. The van der Waals surface area contributed by atoms with Crippen molar-refractivity contribution in [3.05, 3.63) is 0 Å². The van der Waals surface area contributed by atoms with E-state index in [9.17, 15) is 0 Å². The summed E-state index contributed by atoms with van der Waals surface area (Å²) in [5, 5.41) is 0. The fourth-order valence-corrected chi connectivity index (χ4v) is 2.21. The molecule has 0 amide bonds. The summed E-state index contributed by atoms with van der Waals surface area (Å²) >= 11 is 0. The lowest BCUT2D eigenvalue weighted by Crippen LogP contribution is -2.27. The lowest BCUT2D eigenvalue weighted by molar-refractivity contribution is -0.148. The van der Waals surface area contributed by atoms with Gasteiger partial charge >= 0.3 is 0 Å². The van der Waals surface area contributed by atoms with Crippen molar-refractivity contribution < 1.29 is 9.47 Å². The Balaban J connectivity index is 2.61. The number of rotatable bonds is 3.